The van der Waals surface area contributed by atoms with Gasteiger partial charge in [-0.1, -0.05) is 0 Å². The first-order valence-corrected chi connectivity index (χ1v) is 5.79. The number of ether oxygens (including phenoxy) is 1. The van der Waals surface area contributed by atoms with E-state index in [0.717, 1.165) is 5.82 Å². The monoisotopic (exact) mass is 241 g/mol. The maximum atomic E-state index is 5.37. The minimum Gasteiger partial charge on any atom is -0.377 e. The van der Waals surface area contributed by atoms with Gasteiger partial charge in [-0.05, 0) is 45.0 Å². The minimum absolute atomic E-state index is 0.0492. The van der Waals surface area contributed by atoms with Gasteiger partial charge in [0.15, 0.2) is 5.82 Å². The number of hydrogen-bond donors (Lipinski definition) is 1. The molecule has 0 spiro atoms. The van der Waals surface area contributed by atoms with Crippen molar-refractivity contribution in [3.63, 3.8) is 0 Å². The molecule has 6 nitrogen and oxygen atoms in total. The van der Waals surface area contributed by atoms with Gasteiger partial charge in [-0.3, -0.25) is 0 Å². The molecule has 0 unspecified atom stereocenters. The third-order valence-corrected chi connectivity index (χ3v) is 2.47. The molecule has 1 rings (SSSR count). The van der Waals surface area contributed by atoms with Gasteiger partial charge in [0.1, 0.15) is 0 Å². The molecule has 0 aromatic carbocycles. The van der Waals surface area contributed by atoms with Gasteiger partial charge >= 0.3 is 0 Å². The maximum Gasteiger partial charge on any atom is 0.165 e. The van der Waals surface area contributed by atoms with Crippen LogP contribution < -0.4 is 5.32 Å². The van der Waals surface area contributed by atoms with Crippen molar-refractivity contribution >= 4 is 0 Å². The molecule has 98 valence electrons. The average Bonchev–Trinajstić information content (AvgIpc) is 2.60. The number of nitrogens with zero attached hydrogens (tertiary/aromatic N) is 4. The van der Waals surface area contributed by atoms with Crippen molar-refractivity contribution in [2.24, 2.45) is 0 Å². The van der Waals surface area contributed by atoms with Crippen LogP contribution >= 0.6 is 0 Å². The van der Waals surface area contributed by atoms with Crippen LogP contribution in [0.1, 0.15) is 40.4 Å². The first kappa shape index (κ1) is 14.1. The summed E-state index contributed by atoms with van der Waals surface area (Å²) in [7, 11) is 1.69. The van der Waals surface area contributed by atoms with Gasteiger partial charge in [0.2, 0.25) is 0 Å². The third kappa shape index (κ3) is 4.79. The van der Waals surface area contributed by atoms with Crippen molar-refractivity contribution in [2.45, 2.75) is 58.8 Å². The Bertz CT molecular complexity index is 353. The van der Waals surface area contributed by atoms with Gasteiger partial charge in [0.05, 0.1) is 18.7 Å². The summed E-state index contributed by atoms with van der Waals surface area (Å²) in [5, 5.41) is 15.1. The lowest BCUT2D eigenvalue weighted by Crippen LogP contribution is -2.37. The van der Waals surface area contributed by atoms with Crippen LogP contribution in [0, 0.1) is 0 Å². The molecule has 0 aliphatic heterocycles. The van der Waals surface area contributed by atoms with E-state index in [0.29, 0.717) is 13.1 Å². The molecule has 1 aromatic rings. The molecule has 0 amide bonds. The summed E-state index contributed by atoms with van der Waals surface area (Å²) in [4.78, 5) is 0. The average molecular weight is 241 g/mol. The van der Waals surface area contributed by atoms with Crippen molar-refractivity contribution in [1.82, 2.24) is 25.5 Å². The van der Waals surface area contributed by atoms with E-state index >= 15 is 0 Å². The van der Waals surface area contributed by atoms with E-state index < -0.39 is 0 Å². The highest BCUT2D eigenvalue weighted by Crippen LogP contribution is 2.11. The summed E-state index contributed by atoms with van der Waals surface area (Å²) in [6, 6.07) is 0. The predicted molar refractivity (Wildman–Crippen MR) is 65.5 cm³/mol. The highest BCUT2D eigenvalue weighted by atomic mass is 16.5. The molecular formula is C11H23N5O. The highest BCUT2D eigenvalue weighted by molar-refractivity contribution is 4.85. The molecular weight excluding hydrogens is 218 g/mol. The highest BCUT2D eigenvalue weighted by Gasteiger charge is 2.21. The second-order valence-electron chi connectivity index (χ2n) is 5.82. The zero-order valence-electron chi connectivity index (χ0n) is 11.6. The van der Waals surface area contributed by atoms with Crippen LogP contribution in [0.5, 0.6) is 0 Å². The summed E-state index contributed by atoms with van der Waals surface area (Å²) in [5.74, 6) is 0.824. The van der Waals surface area contributed by atoms with E-state index in [4.69, 9.17) is 4.74 Å². The first-order valence-electron chi connectivity index (χ1n) is 5.79. The zero-order chi connectivity index (χ0) is 13.1. The van der Waals surface area contributed by atoms with Crippen LogP contribution in [0.2, 0.25) is 0 Å². The molecule has 0 radical (unpaired) electrons. The van der Waals surface area contributed by atoms with Gasteiger partial charge in [-0.2, -0.15) is 0 Å². The number of hydrogen-bond acceptors (Lipinski definition) is 5. The molecule has 0 bridgehead atoms. The van der Waals surface area contributed by atoms with E-state index in [-0.39, 0.29) is 11.1 Å². The van der Waals surface area contributed by atoms with E-state index in [2.05, 4.69) is 41.6 Å². The Morgan fingerprint density at radius 2 is 1.88 bits per heavy atom. The molecule has 0 fully saturated rings. The molecule has 0 saturated heterocycles. The Morgan fingerprint density at radius 1 is 1.24 bits per heavy atom. The zero-order valence-corrected chi connectivity index (χ0v) is 11.6. The van der Waals surface area contributed by atoms with Crippen LogP contribution in [0.15, 0.2) is 0 Å². The Kier molecular flexibility index (Phi) is 4.21. The minimum atomic E-state index is -0.272. The van der Waals surface area contributed by atoms with Crippen molar-refractivity contribution in [3.8, 4) is 0 Å². The Morgan fingerprint density at radius 3 is 2.41 bits per heavy atom. The number of aromatic nitrogens is 4. The summed E-state index contributed by atoms with van der Waals surface area (Å²) in [5.41, 5.74) is -0.223. The van der Waals surface area contributed by atoms with Gasteiger partial charge in [-0.15, -0.1) is 5.10 Å². The topological polar surface area (TPSA) is 64.9 Å². The SMILES string of the molecule is COC(C)(C)Cn1nnnc1CNC(C)(C)C. The molecule has 1 aromatic heterocycles. The van der Waals surface area contributed by atoms with Crippen LogP contribution in [0.25, 0.3) is 0 Å². The number of nitrogens with one attached hydrogen (secondary N) is 1. The molecule has 0 saturated carbocycles. The summed E-state index contributed by atoms with van der Waals surface area (Å²) in [6.45, 7) is 11.6. The van der Waals surface area contributed by atoms with Gasteiger partial charge in [0.25, 0.3) is 0 Å². The van der Waals surface area contributed by atoms with Crippen molar-refractivity contribution in [2.75, 3.05) is 7.11 Å². The standard InChI is InChI=1S/C11H23N5O/c1-10(2,3)12-7-9-13-14-15-16(9)8-11(4,5)17-6/h12H,7-8H2,1-6H3. The van der Waals surface area contributed by atoms with E-state index in [1.165, 1.54) is 0 Å². The molecule has 0 atom stereocenters. The molecule has 1 N–H and O–H groups in total. The van der Waals surface area contributed by atoms with Gasteiger partial charge < -0.3 is 10.1 Å². The molecule has 6 heteroatoms. The van der Waals surface area contributed by atoms with Crippen LogP contribution in [0.4, 0.5) is 0 Å². The summed E-state index contributed by atoms with van der Waals surface area (Å²) < 4.78 is 7.15. The summed E-state index contributed by atoms with van der Waals surface area (Å²) in [6.07, 6.45) is 0. The predicted octanol–water partition coefficient (Wildman–Crippen LogP) is 0.986. The Hall–Kier alpha value is -1.01. The maximum absolute atomic E-state index is 5.37. The van der Waals surface area contributed by atoms with Crippen molar-refractivity contribution in [1.29, 1.82) is 0 Å². The molecule has 1 heterocycles. The molecule has 17 heavy (non-hydrogen) atoms. The summed E-state index contributed by atoms with van der Waals surface area (Å²) >= 11 is 0. The second-order valence-corrected chi connectivity index (χ2v) is 5.82. The number of methoxy groups -OCH3 is 1. The van der Waals surface area contributed by atoms with E-state index in [1.807, 2.05) is 13.8 Å². The van der Waals surface area contributed by atoms with Crippen molar-refractivity contribution < 1.29 is 4.74 Å². The smallest absolute Gasteiger partial charge is 0.165 e. The fraction of sp³-hybridized carbons (Fsp3) is 0.909. The van der Waals surface area contributed by atoms with Gasteiger partial charge in [0, 0.05) is 12.6 Å². The quantitative estimate of drug-likeness (QED) is 0.832. The van der Waals surface area contributed by atoms with Crippen LogP contribution in [-0.4, -0.2) is 38.5 Å². The Balaban J connectivity index is 2.66. The fourth-order valence-electron chi connectivity index (χ4n) is 1.24. The Labute approximate surface area is 103 Å². The van der Waals surface area contributed by atoms with E-state index in [1.54, 1.807) is 11.8 Å². The third-order valence-electron chi connectivity index (χ3n) is 2.47. The lowest BCUT2D eigenvalue weighted by molar-refractivity contribution is 0.00419. The second kappa shape index (κ2) is 5.10. The largest absolute Gasteiger partial charge is 0.377 e. The molecule has 0 aliphatic rings. The lowest BCUT2D eigenvalue weighted by atomic mass is 10.1. The van der Waals surface area contributed by atoms with Crippen molar-refractivity contribution in [3.05, 3.63) is 5.82 Å². The van der Waals surface area contributed by atoms with Crippen LogP contribution in [-0.2, 0) is 17.8 Å². The number of rotatable bonds is 5. The number of tetrazole rings is 1. The first-order chi connectivity index (χ1) is 7.73. The molecule has 0 aliphatic carbocycles. The normalized spacial score (nSPS) is 13.1. The lowest BCUT2D eigenvalue weighted by Gasteiger charge is -2.24. The fourth-order valence-corrected chi connectivity index (χ4v) is 1.24. The van der Waals surface area contributed by atoms with E-state index in [9.17, 15) is 0 Å². The van der Waals surface area contributed by atoms with Crippen LogP contribution in [0.3, 0.4) is 0 Å². The van der Waals surface area contributed by atoms with Gasteiger partial charge in [-0.25, -0.2) is 4.68 Å².